The highest BCUT2D eigenvalue weighted by molar-refractivity contribution is 9.10. The first-order chi connectivity index (χ1) is 11.6. The summed E-state index contributed by atoms with van der Waals surface area (Å²) in [5.74, 6) is 0.826. The zero-order chi connectivity index (χ0) is 17.1. The lowest BCUT2D eigenvalue weighted by molar-refractivity contribution is 0.0747. The molecule has 0 radical (unpaired) electrons. The molecule has 1 fully saturated rings. The maximum absolute atomic E-state index is 12.7. The number of rotatable bonds is 3. The first-order valence-corrected chi connectivity index (χ1v) is 8.89. The van der Waals surface area contributed by atoms with Crippen molar-refractivity contribution in [3.63, 3.8) is 0 Å². The van der Waals surface area contributed by atoms with Gasteiger partial charge < -0.3 is 14.5 Å². The Morgan fingerprint density at radius 2 is 1.75 bits per heavy atom. The van der Waals surface area contributed by atoms with Gasteiger partial charge in [0.2, 0.25) is 0 Å². The summed E-state index contributed by atoms with van der Waals surface area (Å²) in [6.45, 7) is 2.94. The molecule has 0 aromatic heterocycles. The number of hydrogen-bond acceptors (Lipinski definition) is 3. The quantitative estimate of drug-likeness (QED) is 0.766. The van der Waals surface area contributed by atoms with Crippen LogP contribution in [0.5, 0.6) is 5.75 Å². The molecule has 2 aromatic carbocycles. The molecule has 0 aliphatic carbocycles. The number of ether oxygens (including phenoxy) is 1. The summed E-state index contributed by atoms with van der Waals surface area (Å²) in [7, 11) is 1.66. The maximum Gasteiger partial charge on any atom is 0.255 e. The minimum Gasteiger partial charge on any atom is -0.497 e. The second kappa shape index (κ2) is 7.45. The number of carbonyl (C=O) groups is 1. The number of benzene rings is 2. The van der Waals surface area contributed by atoms with E-state index in [2.05, 4.69) is 20.8 Å². The van der Waals surface area contributed by atoms with Crippen molar-refractivity contribution >= 4 is 39.1 Å². The Morgan fingerprint density at radius 3 is 2.38 bits per heavy atom. The minimum atomic E-state index is -0.0179. The maximum atomic E-state index is 12.7. The van der Waals surface area contributed by atoms with Gasteiger partial charge in [-0.15, -0.1) is 0 Å². The Balaban J connectivity index is 1.65. The lowest BCUT2D eigenvalue weighted by atomic mass is 10.1. The van der Waals surface area contributed by atoms with Crippen molar-refractivity contribution in [2.75, 3.05) is 38.2 Å². The van der Waals surface area contributed by atoms with E-state index in [4.69, 9.17) is 16.3 Å². The first-order valence-electron chi connectivity index (χ1n) is 7.72. The number of hydrogen-bond donors (Lipinski definition) is 0. The Bertz CT molecular complexity index is 728. The molecule has 2 aromatic rings. The predicted molar refractivity (Wildman–Crippen MR) is 100 cm³/mol. The van der Waals surface area contributed by atoms with Crippen molar-refractivity contribution in [2.45, 2.75) is 0 Å². The van der Waals surface area contributed by atoms with Crippen molar-refractivity contribution in [1.29, 1.82) is 0 Å². The van der Waals surface area contributed by atoms with Gasteiger partial charge in [-0.3, -0.25) is 4.79 Å². The van der Waals surface area contributed by atoms with Crippen LogP contribution in [-0.4, -0.2) is 44.1 Å². The molecule has 1 aliphatic heterocycles. The average Bonchev–Trinajstić information content (AvgIpc) is 2.63. The van der Waals surface area contributed by atoms with E-state index in [9.17, 15) is 4.79 Å². The van der Waals surface area contributed by atoms with Crippen LogP contribution in [0.3, 0.4) is 0 Å². The van der Waals surface area contributed by atoms with Crippen molar-refractivity contribution in [2.24, 2.45) is 0 Å². The molecule has 1 aliphatic rings. The Labute approximate surface area is 155 Å². The summed E-state index contributed by atoms with van der Waals surface area (Å²) in [5.41, 5.74) is 1.69. The summed E-state index contributed by atoms with van der Waals surface area (Å²) in [5, 5.41) is 0.487. The fourth-order valence-corrected chi connectivity index (χ4v) is 3.35. The molecular weight excluding hydrogens is 392 g/mol. The number of methoxy groups -OCH3 is 1. The highest BCUT2D eigenvalue weighted by Crippen LogP contribution is 2.24. The van der Waals surface area contributed by atoms with E-state index < -0.39 is 0 Å². The van der Waals surface area contributed by atoms with E-state index in [0.717, 1.165) is 29.0 Å². The number of anilines is 1. The van der Waals surface area contributed by atoms with Gasteiger partial charge in [-0.05, 0) is 42.5 Å². The lowest BCUT2D eigenvalue weighted by Crippen LogP contribution is -2.48. The van der Waals surface area contributed by atoms with E-state index in [1.54, 1.807) is 19.2 Å². The molecule has 4 nitrogen and oxygen atoms in total. The molecule has 126 valence electrons. The number of carbonyl (C=O) groups excluding carboxylic acids is 1. The number of piperazine rings is 1. The normalized spacial score (nSPS) is 14.6. The summed E-state index contributed by atoms with van der Waals surface area (Å²) in [4.78, 5) is 16.8. The van der Waals surface area contributed by atoms with Crippen LogP contribution >= 0.6 is 27.5 Å². The number of amides is 1. The zero-order valence-corrected chi connectivity index (χ0v) is 15.7. The van der Waals surface area contributed by atoms with Crippen LogP contribution in [0.4, 0.5) is 5.69 Å². The smallest absolute Gasteiger partial charge is 0.255 e. The number of halogens is 2. The molecule has 0 saturated carbocycles. The first kappa shape index (κ1) is 17.1. The summed E-state index contributed by atoms with van der Waals surface area (Å²) in [6.07, 6.45) is 0. The van der Waals surface area contributed by atoms with Gasteiger partial charge in [-0.25, -0.2) is 0 Å². The molecule has 0 spiro atoms. The molecule has 3 rings (SSSR count). The van der Waals surface area contributed by atoms with Crippen molar-refractivity contribution < 1.29 is 9.53 Å². The van der Waals surface area contributed by atoms with Crippen LogP contribution in [0.2, 0.25) is 5.02 Å². The standard InChI is InChI=1S/C18H18BrClN2O2/c1-24-15-5-3-14(4-6-15)21-8-10-22(11-9-21)18(23)16-12-13(19)2-7-17(16)20/h2-7,12H,8-11H2,1H3. The van der Waals surface area contributed by atoms with Gasteiger partial charge in [0.1, 0.15) is 5.75 Å². The molecule has 24 heavy (non-hydrogen) atoms. The predicted octanol–water partition coefficient (Wildman–Crippen LogP) is 4.07. The van der Waals surface area contributed by atoms with Crippen LogP contribution in [-0.2, 0) is 0 Å². The van der Waals surface area contributed by atoms with Gasteiger partial charge in [0, 0.05) is 36.3 Å². The van der Waals surface area contributed by atoms with Gasteiger partial charge in [0.15, 0.2) is 0 Å². The Hall–Kier alpha value is -1.72. The zero-order valence-electron chi connectivity index (χ0n) is 13.3. The molecular formula is C18H18BrClN2O2. The Kier molecular flexibility index (Phi) is 5.31. The van der Waals surface area contributed by atoms with Crippen LogP contribution in [0.15, 0.2) is 46.9 Å². The van der Waals surface area contributed by atoms with Gasteiger partial charge in [-0.2, -0.15) is 0 Å². The fourth-order valence-electron chi connectivity index (χ4n) is 2.79. The van der Waals surface area contributed by atoms with E-state index in [0.29, 0.717) is 23.7 Å². The molecule has 1 amide bonds. The second-order valence-corrected chi connectivity index (χ2v) is 6.92. The molecule has 0 bridgehead atoms. The molecule has 6 heteroatoms. The molecule has 1 saturated heterocycles. The van der Waals surface area contributed by atoms with Gasteiger partial charge >= 0.3 is 0 Å². The van der Waals surface area contributed by atoms with Crippen molar-refractivity contribution in [3.05, 3.63) is 57.5 Å². The third-order valence-corrected chi connectivity index (χ3v) is 4.99. The van der Waals surface area contributed by atoms with Gasteiger partial charge in [-0.1, -0.05) is 27.5 Å². The average molecular weight is 410 g/mol. The van der Waals surface area contributed by atoms with Gasteiger partial charge in [0.25, 0.3) is 5.91 Å². The minimum absolute atomic E-state index is 0.0179. The largest absolute Gasteiger partial charge is 0.497 e. The topological polar surface area (TPSA) is 32.8 Å². The van der Waals surface area contributed by atoms with E-state index >= 15 is 0 Å². The van der Waals surface area contributed by atoms with E-state index in [1.807, 2.05) is 35.2 Å². The molecule has 0 N–H and O–H groups in total. The van der Waals surface area contributed by atoms with Crippen LogP contribution in [0.1, 0.15) is 10.4 Å². The summed E-state index contributed by atoms with van der Waals surface area (Å²) < 4.78 is 6.04. The molecule has 0 atom stereocenters. The highest BCUT2D eigenvalue weighted by atomic mass is 79.9. The van der Waals surface area contributed by atoms with Crippen LogP contribution in [0, 0.1) is 0 Å². The highest BCUT2D eigenvalue weighted by Gasteiger charge is 2.24. The Morgan fingerprint density at radius 1 is 1.08 bits per heavy atom. The third kappa shape index (κ3) is 3.68. The SMILES string of the molecule is COc1ccc(N2CCN(C(=O)c3cc(Br)ccc3Cl)CC2)cc1. The summed E-state index contributed by atoms with van der Waals surface area (Å²) >= 11 is 9.57. The molecule has 1 heterocycles. The van der Waals surface area contributed by atoms with Gasteiger partial charge in [0.05, 0.1) is 17.7 Å². The van der Waals surface area contributed by atoms with E-state index in [-0.39, 0.29) is 5.91 Å². The summed E-state index contributed by atoms with van der Waals surface area (Å²) in [6, 6.07) is 13.3. The fraction of sp³-hybridized carbons (Fsp3) is 0.278. The second-order valence-electron chi connectivity index (χ2n) is 5.60. The van der Waals surface area contributed by atoms with Crippen LogP contribution in [0.25, 0.3) is 0 Å². The monoisotopic (exact) mass is 408 g/mol. The molecule has 0 unspecified atom stereocenters. The lowest BCUT2D eigenvalue weighted by Gasteiger charge is -2.36. The van der Waals surface area contributed by atoms with Crippen LogP contribution < -0.4 is 9.64 Å². The third-order valence-electron chi connectivity index (χ3n) is 4.16. The van der Waals surface area contributed by atoms with Crippen molar-refractivity contribution in [1.82, 2.24) is 4.90 Å². The van der Waals surface area contributed by atoms with Crippen molar-refractivity contribution in [3.8, 4) is 5.75 Å². The number of nitrogens with zero attached hydrogens (tertiary/aromatic N) is 2. The van der Waals surface area contributed by atoms with E-state index in [1.165, 1.54) is 0 Å².